The van der Waals surface area contributed by atoms with Crippen LogP contribution in [0.5, 0.6) is 0 Å². The number of rotatable bonds is 3. The Hall–Kier alpha value is -1.91. The average molecular weight is 234 g/mol. The molecule has 5 heteroatoms. The fourth-order valence-corrected chi connectivity index (χ4v) is 2.02. The number of hydrogen-bond donors (Lipinski definition) is 0. The number of nitrogens with zero attached hydrogens (tertiary/aromatic N) is 2. The van der Waals surface area contributed by atoms with E-state index >= 15 is 0 Å². The molecule has 1 amide bonds. The summed E-state index contributed by atoms with van der Waals surface area (Å²) in [7, 11) is 0. The molecule has 17 heavy (non-hydrogen) atoms. The lowest BCUT2D eigenvalue weighted by atomic mass is 10.0. The van der Waals surface area contributed by atoms with Gasteiger partial charge in [0.15, 0.2) is 0 Å². The number of hydrogen-bond acceptors (Lipinski definition) is 3. The molecule has 1 fully saturated rings. The van der Waals surface area contributed by atoms with E-state index in [0.717, 1.165) is 5.56 Å². The van der Waals surface area contributed by atoms with Gasteiger partial charge in [0.05, 0.1) is 6.54 Å². The molecule has 0 unspecified atom stereocenters. The van der Waals surface area contributed by atoms with Crippen LogP contribution in [-0.2, 0) is 11.3 Å². The van der Waals surface area contributed by atoms with E-state index in [9.17, 15) is 14.9 Å². The first kappa shape index (κ1) is 11.6. The minimum atomic E-state index is -0.614. The summed E-state index contributed by atoms with van der Waals surface area (Å²) in [5, 5.41) is 10.7. The van der Waals surface area contributed by atoms with Crippen LogP contribution in [0.15, 0.2) is 30.3 Å². The molecular formula is C12H14N2O3. The molecular weight excluding hydrogens is 220 g/mol. The van der Waals surface area contributed by atoms with Gasteiger partial charge in [-0.05, 0) is 5.56 Å². The molecule has 1 aliphatic heterocycles. The van der Waals surface area contributed by atoms with Gasteiger partial charge in [-0.25, -0.2) is 0 Å². The van der Waals surface area contributed by atoms with Crippen molar-refractivity contribution in [2.75, 3.05) is 6.54 Å². The second-order valence-electron chi connectivity index (χ2n) is 4.24. The summed E-state index contributed by atoms with van der Waals surface area (Å²) in [5.74, 6) is 0.00644. The molecule has 1 saturated heterocycles. The van der Waals surface area contributed by atoms with Gasteiger partial charge < -0.3 is 4.90 Å². The topological polar surface area (TPSA) is 63.4 Å². The number of carbonyl (C=O) groups is 1. The minimum Gasteiger partial charge on any atom is -0.331 e. The van der Waals surface area contributed by atoms with Crippen molar-refractivity contribution in [3.05, 3.63) is 46.0 Å². The van der Waals surface area contributed by atoms with E-state index in [1.165, 1.54) is 0 Å². The lowest BCUT2D eigenvalue weighted by molar-refractivity contribution is -0.524. The summed E-state index contributed by atoms with van der Waals surface area (Å²) >= 11 is 0. The van der Waals surface area contributed by atoms with Crippen molar-refractivity contribution in [2.45, 2.75) is 25.4 Å². The number of benzene rings is 1. The Morgan fingerprint density at radius 3 is 2.71 bits per heavy atom. The van der Waals surface area contributed by atoms with Gasteiger partial charge in [-0.1, -0.05) is 30.3 Å². The first-order valence-corrected chi connectivity index (χ1v) is 5.62. The molecule has 0 spiro atoms. The number of amides is 1. The van der Waals surface area contributed by atoms with Crippen LogP contribution in [0.4, 0.5) is 0 Å². The molecule has 0 bridgehead atoms. The van der Waals surface area contributed by atoms with Crippen LogP contribution in [0.2, 0.25) is 0 Å². The molecule has 1 atom stereocenters. The van der Waals surface area contributed by atoms with E-state index in [2.05, 4.69) is 0 Å². The lowest BCUT2D eigenvalue weighted by Crippen LogP contribution is -2.44. The Bertz CT molecular complexity index is 419. The number of nitro groups is 1. The molecule has 1 heterocycles. The second-order valence-corrected chi connectivity index (χ2v) is 4.24. The monoisotopic (exact) mass is 234 g/mol. The Balaban J connectivity index is 2.04. The van der Waals surface area contributed by atoms with Crippen molar-refractivity contribution >= 4 is 5.91 Å². The maximum absolute atomic E-state index is 11.7. The molecule has 0 saturated carbocycles. The van der Waals surface area contributed by atoms with Crippen LogP contribution in [0.1, 0.15) is 18.4 Å². The zero-order valence-electron chi connectivity index (χ0n) is 9.41. The highest BCUT2D eigenvalue weighted by Crippen LogP contribution is 2.16. The average Bonchev–Trinajstić information content (AvgIpc) is 2.33. The van der Waals surface area contributed by atoms with Crippen LogP contribution in [0.3, 0.4) is 0 Å². The van der Waals surface area contributed by atoms with Crippen molar-refractivity contribution in [3.8, 4) is 0 Å². The van der Waals surface area contributed by atoms with Gasteiger partial charge in [0.2, 0.25) is 11.9 Å². The van der Waals surface area contributed by atoms with E-state index in [1.807, 2.05) is 30.3 Å². The maximum atomic E-state index is 11.7. The minimum absolute atomic E-state index is 0.00644. The molecule has 0 aromatic heterocycles. The van der Waals surface area contributed by atoms with Crippen LogP contribution < -0.4 is 0 Å². The van der Waals surface area contributed by atoms with Crippen molar-refractivity contribution in [2.24, 2.45) is 0 Å². The number of likely N-dealkylation sites (tertiary alicyclic amines) is 1. The van der Waals surface area contributed by atoms with Crippen molar-refractivity contribution in [1.29, 1.82) is 0 Å². The van der Waals surface area contributed by atoms with Gasteiger partial charge in [0.25, 0.3) is 0 Å². The van der Waals surface area contributed by atoms with Gasteiger partial charge in [0.1, 0.15) is 0 Å². The zero-order valence-corrected chi connectivity index (χ0v) is 9.41. The Morgan fingerprint density at radius 1 is 1.35 bits per heavy atom. The maximum Gasteiger partial charge on any atom is 0.230 e. The number of piperidine rings is 1. The predicted octanol–water partition coefficient (Wildman–Crippen LogP) is 1.45. The summed E-state index contributed by atoms with van der Waals surface area (Å²) in [6.45, 7) is 0.685. The van der Waals surface area contributed by atoms with Gasteiger partial charge in [-0.15, -0.1) is 0 Å². The fraction of sp³-hybridized carbons (Fsp3) is 0.417. The van der Waals surface area contributed by atoms with E-state index < -0.39 is 6.04 Å². The molecule has 1 aromatic rings. The summed E-state index contributed by atoms with van der Waals surface area (Å²) in [6.07, 6.45) is 0.635. The standard InChI is InChI=1S/C12H14N2O3/c15-12-7-6-11(14(16)17)9-13(12)8-10-4-2-1-3-5-10/h1-5,11H,6-9H2/t11-/m0/s1. The summed E-state index contributed by atoms with van der Waals surface area (Å²) in [5.41, 5.74) is 1.00. The highest BCUT2D eigenvalue weighted by molar-refractivity contribution is 5.77. The van der Waals surface area contributed by atoms with Gasteiger partial charge in [0, 0.05) is 24.3 Å². The van der Waals surface area contributed by atoms with Crippen LogP contribution in [0.25, 0.3) is 0 Å². The first-order valence-electron chi connectivity index (χ1n) is 5.62. The third-order valence-electron chi connectivity index (χ3n) is 2.99. The van der Waals surface area contributed by atoms with E-state index in [4.69, 9.17) is 0 Å². The van der Waals surface area contributed by atoms with Gasteiger partial charge >= 0.3 is 0 Å². The SMILES string of the molecule is O=C1CC[C@H]([N+](=O)[O-])CN1Cc1ccccc1. The Morgan fingerprint density at radius 2 is 2.06 bits per heavy atom. The van der Waals surface area contributed by atoms with Crippen molar-refractivity contribution < 1.29 is 9.72 Å². The van der Waals surface area contributed by atoms with Crippen LogP contribution in [0, 0.1) is 10.1 Å². The van der Waals surface area contributed by atoms with E-state index in [0.29, 0.717) is 13.0 Å². The largest absolute Gasteiger partial charge is 0.331 e. The van der Waals surface area contributed by atoms with E-state index in [-0.39, 0.29) is 23.8 Å². The fourth-order valence-electron chi connectivity index (χ4n) is 2.02. The molecule has 1 aromatic carbocycles. The first-order chi connectivity index (χ1) is 8.16. The Labute approximate surface area is 99.2 Å². The Kier molecular flexibility index (Phi) is 3.37. The molecule has 90 valence electrons. The molecule has 2 rings (SSSR count). The van der Waals surface area contributed by atoms with Crippen LogP contribution in [-0.4, -0.2) is 28.3 Å². The predicted molar refractivity (Wildman–Crippen MR) is 61.9 cm³/mol. The number of carbonyl (C=O) groups excluding carboxylic acids is 1. The highest BCUT2D eigenvalue weighted by atomic mass is 16.6. The molecule has 1 aliphatic rings. The van der Waals surface area contributed by atoms with Crippen molar-refractivity contribution in [3.63, 3.8) is 0 Å². The zero-order chi connectivity index (χ0) is 12.3. The van der Waals surface area contributed by atoms with E-state index in [1.54, 1.807) is 4.90 Å². The van der Waals surface area contributed by atoms with Gasteiger partial charge in [-0.2, -0.15) is 0 Å². The molecule has 0 radical (unpaired) electrons. The summed E-state index contributed by atoms with van der Waals surface area (Å²) in [6, 6.07) is 8.92. The third-order valence-corrected chi connectivity index (χ3v) is 2.99. The molecule has 0 N–H and O–H groups in total. The lowest BCUT2D eigenvalue weighted by Gasteiger charge is -2.28. The summed E-state index contributed by atoms with van der Waals surface area (Å²) in [4.78, 5) is 23.7. The van der Waals surface area contributed by atoms with Crippen molar-refractivity contribution in [1.82, 2.24) is 4.90 Å². The highest BCUT2D eigenvalue weighted by Gasteiger charge is 2.32. The van der Waals surface area contributed by atoms with Gasteiger partial charge in [-0.3, -0.25) is 14.9 Å². The molecule has 5 nitrogen and oxygen atoms in total. The quantitative estimate of drug-likeness (QED) is 0.587. The third kappa shape index (κ3) is 2.81. The second kappa shape index (κ2) is 4.95. The van der Waals surface area contributed by atoms with Crippen LogP contribution >= 0.6 is 0 Å². The molecule has 0 aliphatic carbocycles. The summed E-state index contributed by atoms with van der Waals surface area (Å²) < 4.78 is 0. The normalized spacial score (nSPS) is 20.4. The smallest absolute Gasteiger partial charge is 0.230 e.